The molecule has 0 radical (unpaired) electrons. The van der Waals surface area contributed by atoms with E-state index < -0.39 is 71.2 Å². The highest BCUT2D eigenvalue weighted by atomic mass is 19.4. The van der Waals surface area contributed by atoms with Gasteiger partial charge in [0, 0.05) is 32.2 Å². The van der Waals surface area contributed by atoms with Gasteiger partial charge in [-0.15, -0.1) is 0 Å². The number of hydrogen-bond donors (Lipinski definition) is 1. The highest BCUT2D eigenvalue weighted by Gasteiger charge is 2.48. The number of nitrogens with zero attached hydrogens (tertiary/aromatic N) is 3. The van der Waals surface area contributed by atoms with E-state index >= 15 is 0 Å². The van der Waals surface area contributed by atoms with E-state index in [1.54, 1.807) is 58.9 Å². The highest BCUT2D eigenvalue weighted by molar-refractivity contribution is 6.05. The van der Waals surface area contributed by atoms with Gasteiger partial charge in [0.2, 0.25) is 5.60 Å². The molecule has 1 N–H and O–H groups in total. The van der Waals surface area contributed by atoms with Gasteiger partial charge in [0.05, 0.1) is 37.1 Å². The standard InChI is InChI=1S/C36H47F3N4O9/c1-22(2)43(23-10-9-16-41(20-23)33(47)52-34(3,4)5)30(44)26-18-28-29(19-27(26)36(37,38)39)51-35(6,21-50-25-13-11-24(48-7)12-14-25)31(45)42(28)17-15-40-32(46)49-8/h11-14,18-19,22-23H,9-10,15-17,20-21H2,1-8H3,(H,40,46)/t23-,35?/m1/s1. The molecule has 0 spiro atoms. The van der Waals surface area contributed by atoms with E-state index in [0.29, 0.717) is 37.0 Å². The SMILES string of the molecule is COC(=O)NCCN1C(=O)C(C)(COc2ccc(OC)cc2)Oc2cc(C(F)(F)F)c(C(=O)N(C(C)C)[C@@H]3CCCN(C(=O)OC(C)(C)C)C3)cc21. The molecule has 2 aliphatic rings. The number of alkyl halides is 3. The normalized spacial score (nSPS) is 19.0. The number of hydrogen-bond acceptors (Lipinski definition) is 9. The number of carbonyl (C=O) groups is 4. The Morgan fingerprint density at radius 3 is 2.31 bits per heavy atom. The molecular weight excluding hydrogens is 689 g/mol. The molecular formula is C36H47F3N4O9. The van der Waals surface area contributed by atoms with Gasteiger partial charge in [-0.2, -0.15) is 13.2 Å². The van der Waals surface area contributed by atoms with Gasteiger partial charge in [-0.25, -0.2) is 9.59 Å². The van der Waals surface area contributed by atoms with Crippen LogP contribution in [-0.4, -0.2) is 104 Å². The number of anilines is 1. The predicted molar refractivity (Wildman–Crippen MR) is 184 cm³/mol. The molecule has 52 heavy (non-hydrogen) atoms. The van der Waals surface area contributed by atoms with E-state index in [2.05, 4.69) is 10.1 Å². The minimum absolute atomic E-state index is 0.0601. The summed E-state index contributed by atoms with van der Waals surface area (Å²) in [5, 5.41) is 2.47. The summed E-state index contributed by atoms with van der Waals surface area (Å²) >= 11 is 0. The first-order valence-corrected chi connectivity index (χ1v) is 16.9. The van der Waals surface area contributed by atoms with Crippen LogP contribution >= 0.6 is 0 Å². The molecule has 1 unspecified atom stereocenters. The van der Waals surface area contributed by atoms with Crippen LogP contribution in [0.2, 0.25) is 0 Å². The number of likely N-dealkylation sites (tertiary alicyclic amines) is 1. The Balaban J connectivity index is 1.74. The monoisotopic (exact) mass is 736 g/mol. The first-order valence-electron chi connectivity index (χ1n) is 16.9. The van der Waals surface area contributed by atoms with Crippen LogP contribution in [0.5, 0.6) is 17.2 Å². The maximum Gasteiger partial charge on any atom is 0.417 e. The number of methoxy groups -OCH3 is 2. The van der Waals surface area contributed by atoms with Crippen molar-refractivity contribution >= 4 is 29.7 Å². The average molecular weight is 737 g/mol. The lowest BCUT2D eigenvalue weighted by Gasteiger charge is -2.43. The van der Waals surface area contributed by atoms with Crippen molar-refractivity contribution in [1.29, 1.82) is 0 Å². The molecule has 4 rings (SSSR count). The van der Waals surface area contributed by atoms with Crippen molar-refractivity contribution in [2.24, 2.45) is 0 Å². The number of nitrogens with one attached hydrogen (secondary N) is 1. The highest BCUT2D eigenvalue weighted by Crippen LogP contribution is 2.45. The molecule has 0 aromatic heterocycles. The molecule has 2 aromatic rings. The second kappa shape index (κ2) is 15.8. The van der Waals surface area contributed by atoms with Crippen molar-refractivity contribution in [3.63, 3.8) is 0 Å². The minimum Gasteiger partial charge on any atom is -0.497 e. The Morgan fingerprint density at radius 1 is 1.08 bits per heavy atom. The Kier molecular flexibility index (Phi) is 12.1. The number of rotatable bonds is 10. The van der Waals surface area contributed by atoms with E-state index in [4.69, 9.17) is 18.9 Å². The molecule has 2 aromatic carbocycles. The number of fused-ring (bicyclic) bond motifs is 1. The van der Waals surface area contributed by atoms with E-state index in [1.165, 1.54) is 23.8 Å². The fourth-order valence-corrected chi connectivity index (χ4v) is 6.14. The molecule has 13 nitrogen and oxygen atoms in total. The molecule has 286 valence electrons. The van der Waals surface area contributed by atoms with Crippen LogP contribution in [0.15, 0.2) is 36.4 Å². The Morgan fingerprint density at radius 2 is 1.73 bits per heavy atom. The van der Waals surface area contributed by atoms with Crippen molar-refractivity contribution in [1.82, 2.24) is 15.1 Å². The van der Waals surface area contributed by atoms with Crippen molar-refractivity contribution in [2.75, 3.05) is 51.9 Å². The molecule has 16 heteroatoms. The lowest BCUT2D eigenvalue weighted by Crippen LogP contribution is -2.58. The van der Waals surface area contributed by atoms with Crippen molar-refractivity contribution in [2.45, 2.75) is 83.8 Å². The van der Waals surface area contributed by atoms with E-state index in [9.17, 15) is 32.3 Å². The third-order valence-electron chi connectivity index (χ3n) is 8.55. The number of piperidine rings is 1. The number of amides is 4. The Hall–Kier alpha value is -4.89. The third kappa shape index (κ3) is 9.31. The zero-order valence-corrected chi connectivity index (χ0v) is 30.7. The molecule has 1 saturated heterocycles. The van der Waals surface area contributed by atoms with Crippen LogP contribution in [0.4, 0.5) is 28.4 Å². The Labute approximate surface area is 301 Å². The summed E-state index contributed by atoms with van der Waals surface area (Å²) in [5.74, 6) is -1.02. The van der Waals surface area contributed by atoms with Gasteiger partial charge < -0.3 is 43.7 Å². The molecule has 4 amide bonds. The van der Waals surface area contributed by atoms with Gasteiger partial charge >= 0.3 is 18.4 Å². The van der Waals surface area contributed by atoms with Gasteiger partial charge in [0.1, 0.15) is 29.5 Å². The summed E-state index contributed by atoms with van der Waals surface area (Å²) in [6.07, 6.45) is -5.43. The van der Waals surface area contributed by atoms with Crippen LogP contribution < -0.4 is 24.4 Å². The van der Waals surface area contributed by atoms with Crippen LogP contribution in [-0.2, 0) is 20.4 Å². The summed E-state index contributed by atoms with van der Waals surface area (Å²) in [6, 6.07) is 7.00. The van der Waals surface area contributed by atoms with Crippen LogP contribution in [0.3, 0.4) is 0 Å². The summed E-state index contributed by atoms with van der Waals surface area (Å²) in [6.45, 7) is 9.62. The van der Waals surface area contributed by atoms with Gasteiger partial charge in [0.25, 0.3) is 11.8 Å². The van der Waals surface area contributed by atoms with Gasteiger partial charge in [0.15, 0.2) is 0 Å². The molecule has 1 fully saturated rings. The summed E-state index contributed by atoms with van der Waals surface area (Å²) in [7, 11) is 2.66. The van der Waals surface area contributed by atoms with Crippen LogP contribution in [0.1, 0.15) is 70.3 Å². The van der Waals surface area contributed by atoms with E-state index in [-0.39, 0.29) is 31.1 Å². The van der Waals surface area contributed by atoms with Crippen molar-refractivity contribution in [3.8, 4) is 17.2 Å². The van der Waals surface area contributed by atoms with Crippen LogP contribution in [0.25, 0.3) is 0 Å². The van der Waals surface area contributed by atoms with Gasteiger partial charge in [-0.3, -0.25) is 9.59 Å². The van der Waals surface area contributed by atoms with Gasteiger partial charge in [-0.1, -0.05) is 0 Å². The first kappa shape index (κ1) is 39.9. The summed E-state index contributed by atoms with van der Waals surface area (Å²) < 4.78 is 71.7. The van der Waals surface area contributed by atoms with Crippen molar-refractivity contribution in [3.05, 3.63) is 47.5 Å². The maximum atomic E-state index is 14.9. The predicted octanol–water partition coefficient (Wildman–Crippen LogP) is 5.88. The molecule has 0 bridgehead atoms. The van der Waals surface area contributed by atoms with Crippen LogP contribution in [0, 0.1) is 0 Å². The lowest BCUT2D eigenvalue weighted by atomic mass is 9.96. The number of halogens is 3. The second-order valence-electron chi connectivity index (χ2n) is 14.1. The molecule has 0 aliphatic carbocycles. The third-order valence-corrected chi connectivity index (χ3v) is 8.55. The second-order valence-corrected chi connectivity index (χ2v) is 14.1. The van der Waals surface area contributed by atoms with E-state index in [0.717, 1.165) is 18.1 Å². The molecule has 2 heterocycles. The summed E-state index contributed by atoms with van der Waals surface area (Å²) in [4.78, 5) is 57.2. The lowest BCUT2D eigenvalue weighted by molar-refractivity contribution is -0.139. The smallest absolute Gasteiger partial charge is 0.417 e. The number of carbonyl (C=O) groups excluding carboxylic acids is 4. The molecule has 2 aliphatic heterocycles. The topological polar surface area (TPSA) is 136 Å². The number of benzene rings is 2. The van der Waals surface area contributed by atoms with Crippen molar-refractivity contribution < 1.29 is 56.0 Å². The van der Waals surface area contributed by atoms with Gasteiger partial charge in [-0.05, 0) is 90.8 Å². The summed E-state index contributed by atoms with van der Waals surface area (Å²) in [5.41, 5.74) is -4.64. The maximum absolute atomic E-state index is 14.9. The molecule has 2 atom stereocenters. The Bertz CT molecular complexity index is 1630. The zero-order valence-electron chi connectivity index (χ0n) is 30.7. The fourth-order valence-electron chi connectivity index (χ4n) is 6.14. The minimum atomic E-state index is -5.00. The quantitative estimate of drug-likeness (QED) is 0.317. The molecule has 0 saturated carbocycles. The first-order chi connectivity index (χ1) is 24.3. The fraction of sp³-hybridized carbons (Fsp3) is 0.556. The van der Waals surface area contributed by atoms with E-state index in [1.807, 2.05) is 0 Å². The number of ether oxygens (including phenoxy) is 5. The number of alkyl carbamates (subject to hydrolysis) is 1. The zero-order chi connectivity index (χ0) is 38.6. The average Bonchev–Trinajstić information content (AvgIpc) is 3.07. The largest absolute Gasteiger partial charge is 0.497 e.